The van der Waals surface area contributed by atoms with Crippen LogP contribution in [0.5, 0.6) is 0 Å². The standard InChI is InChI=1S/C7H13N.C2H6.C2H4/c1-5-6-7(2)8(3)4;2*1-2/h5-6H,1H2,2-4H3;1-2H3;1-2H2/b7-6+;;. The Hall–Kier alpha value is -0.980. The van der Waals surface area contributed by atoms with Crippen LogP contribution in [0, 0.1) is 0 Å². The zero-order valence-electron chi connectivity index (χ0n) is 9.22. The molecule has 0 spiro atoms. The normalized spacial score (nSPS) is 8.25. The van der Waals surface area contributed by atoms with E-state index in [2.05, 4.69) is 19.7 Å². The molecule has 12 heavy (non-hydrogen) atoms. The lowest BCUT2D eigenvalue weighted by Gasteiger charge is -2.10. The molecule has 0 saturated heterocycles. The van der Waals surface area contributed by atoms with Gasteiger partial charge in [0.25, 0.3) is 0 Å². The van der Waals surface area contributed by atoms with Crippen LogP contribution in [0.3, 0.4) is 0 Å². The largest absolute Gasteiger partial charge is 0.381 e. The third kappa shape index (κ3) is 16.0. The van der Waals surface area contributed by atoms with Gasteiger partial charge in [0.2, 0.25) is 0 Å². The Bertz CT molecular complexity index is 112. The molecular weight excluding hydrogens is 146 g/mol. The van der Waals surface area contributed by atoms with Gasteiger partial charge in [0.05, 0.1) is 0 Å². The lowest BCUT2D eigenvalue weighted by atomic mass is 10.4. The van der Waals surface area contributed by atoms with E-state index >= 15 is 0 Å². The quantitative estimate of drug-likeness (QED) is 0.452. The molecular formula is C11H23N. The fourth-order valence-electron chi connectivity index (χ4n) is 0.320. The highest BCUT2D eigenvalue weighted by atomic mass is 15.1. The van der Waals surface area contributed by atoms with Gasteiger partial charge in [-0.05, 0) is 13.0 Å². The van der Waals surface area contributed by atoms with Crippen LogP contribution in [-0.2, 0) is 0 Å². The minimum absolute atomic E-state index is 1.22. The summed E-state index contributed by atoms with van der Waals surface area (Å²) in [6, 6.07) is 0. The Kier molecular flexibility index (Phi) is 23.7. The predicted molar refractivity (Wildman–Crippen MR) is 60.2 cm³/mol. The first-order valence-corrected chi connectivity index (χ1v) is 4.15. The molecule has 0 unspecified atom stereocenters. The number of nitrogens with zero attached hydrogens (tertiary/aromatic N) is 1. The highest BCUT2D eigenvalue weighted by Crippen LogP contribution is 1.93. The minimum Gasteiger partial charge on any atom is -0.381 e. The summed E-state index contributed by atoms with van der Waals surface area (Å²) >= 11 is 0. The maximum absolute atomic E-state index is 3.58. The molecule has 0 fully saturated rings. The van der Waals surface area contributed by atoms with Crippen molar-refractivity contribution in [3.05, 3.63) is 37.6 Å². The Morgan fingerprint density at radius 2 is 1.50 bits per heavy atom. The van der Waals surface area contributed by atoms with Crippen LogP contribution >= 0.6 is 0 Å². The summed E-state index contributed by atoms with van der Waals surface area (Å²) in [6.07, 6.45) is 3.76. The number of allylic oxidation sites excluding steroid dienone is 3. The highest BCUT2D eigenvalue weighted by molar-refractivity contribution is 5.05. The van der Waals surface area contributed by atoms with E-state index in [1.54, 1.807) is 6.08 Å². The van der Waals surface area contributed by atoms with Crippen LogP contribution in [-0.4, -0.2) is 19.0 Å². The Morgan fingerprint density at radius 3 is 1.58 bits per heavy atom. The molecule has 72 valence electrons. The zero-order chi connectivity index (χ0) is 10.6. The lowest BCUT2D eigenvalue weighted by Crippen LogP contribution is -2.07. The van der Waals surface area contributed by atoms with Crippen molar-refractivity contribution in [3.63, 3.8) is 0 Å². The first kappa shape index (κ1) is 17.2. The van der Waals surface area contributed by atoms with Crippen molar-refractivity contribution in [2.45, 2.75) is 20.8 Å². The molecule has 0 aromatic heterocycles. The third-order valence-electron chi connectivity index (χ3n) is 1.06. The van der Waals surface area contributed by atoms with Crippen LogP contribution < -0.4 is 0 Å². The molecule has 0 amide bonds. The summed E-state index contributed by atoms with van der Waals surface area (Å²) in [7, 11) is 4.02. The van der Waals surface area contributed by atoms with E-state index in [-0.39, 0.29) is 0 Å². The van der Waals surface area contributed by atoms with Crippen molar-refractivity contribution in [2.75, 3.05) is 14.1 Å². The van der Waals surface area contributed by atoms with Crippen LogP contribution in [0.4, 0.5) is 0 Å². The van der Waals surface area contributed by atoms with Gasteiger partial charge in [-0.25, -0.2) is 0 Å². The molecule has 0 aromatic carbocycles. The summed E-state index contributed by atoms with van der Waals surface area (Å²) in [6.45, 7) is 15.6. The molecule has 0 heterocycles. The molecule has 0 atom stereocenters. The first-order chi connectivity index (χ1) is 5.68. The first-order valence-electron chi connectivity index (χ1n) is 4.15. The second-order valence-corrected chi connectivity index (χ2v) is 1.94. The van der Waals surface area contributed by atoms with E-state index in [0.29, 0.717) is 0 Å². The van der Waals surface area contributed by atoms with Gasteiger partial charge >= 0.3 is 0 Å². The maximum atomic E-state index is 3.58. The molecule has 0 aliphatic heterocycles. The van der Waals surface area contributed by atoms with Crippen LogP contribution in [0.25, 0.3) is 0 Å². The second kappa shape index (κ2) is 16.5. The van der Waals surface area contributed by atoms with Crippen LogP contribution in [0.2, 0.25) is 0 Å². The van der Waals surface area contributed by atoms with Gasteiger partial charge in [-0.1, -0.05) is 26.5 Å². The zero-order valence-corrected chi connectivity index (χ0v) is 9.22. The van der Waals surface area contributed by atoms with E-state index in [1.165, 1.54) is 5.70 Å². The van der Waals surface area contributed by atoms with Gasteiger partial charge < -0.3 is 4.90 Å². The number of hydrogen-bond donors (Lipinski definition) is 0. The van der Waals surface area contributed by atoms with Gasteiger partial charge in [-0.3, -0.25) is 0 Å². The average Bonchev–Trinajstić information content (AvgIpc) is 2.12. The molecule has 0 bridgehead atoms. The molecule has 0 aromatic rings. The van der Waals surface area contributed by atoms with Crippen molar-refractivity contribution >= 4 is 0 Å². The van der Waals surface area contributed by atoms with Crippen LogP contribution in [0.1, 0.15) is 20.8 Å². The smallest absolute Gasteiger partial charge is 0.00956 e. The monoisotopic (exact) mass is 169 g/mol. The molecule has 0 aliphatic carbocycles. The van der Waals surface area contributed by atoms with Gasteiger partial charge in [-0.15, -0.1) is 13.2 Å². The molecule has 0 radical (unpaired) electrons. The molecule has 0 saturated carbocycles. The van der Waals surface area contributed by atoms with Gasteiger partial charge in [0.15, 0.2) is 0 Å². The lowest BCUT2D eigenvalue weighted by molar-refractivity contribution is 0.514. The van der Waals surface area contributed by atoms with Crippen LogP contribution in [0.15, 0.2) is 37.6 Å². The Morgan fingerprint density at radius 1 is 1.17 bits per heavy atom. The summed E-state index contributed by atoms with van der Waals surface area (Å²) in [5, 5.41) is 0. The molecule has 0 aliphatic rings. The van der Waals surface area contributed by atoms with E-state index in [4.69, 9.17) is 0 Å². The molecule has 0 rings (SSSR count). The number of hydrogen-bond acceptors (Lipinski definition) is 1. The summed E-state index contributed by atoms with van der Waals surface area (Å²) in [5.41, 5.74) is 1.22. The Balaban J connectivity index is -0.000000175. The van der Waals surface area contributed by atoms with Crippen molar-refractivity contribution in [3.8, 4) is 0 Å². The van der Waals surface area contributed by atoms with Crippen molar-refractivity contribution < 1.29 is 0 Å². The summed E-state index contributed by atoms with van der Waals surface area (Å²) in [4.78, 5) is 2.04. The van der Waals surface area contributed by atoms with Gasteiger partial charge in [-0.2, -0.15) is 0 Å². The highest BCUT2D eigenvalue weighted by Gasteiger charge is 1.84. The fourth-order valence-corrected chi connectivity index (χ4v) is 0.320. The third-order valence-corrected chi connectivity index (χ3v) is 1.06. The fraction of sp³-hybridized carbons (Fsp3) is 0.455. The minimum atomic E-state index is 1.22. The molecule has 1 nitrogen and oxygen atoms in total. The average molecular weight is 169 g/mol. The van der Waals surface area contributed by atoms with E-state index in [9.17, 15) is 0 Å². The van der Waals surface area contributed by atoms with Gasteiger partial charge in [0.1, 0.15) is 0 Å². The number of rotatable bonds is 2. The summed E-state index contributed by atoms with van der Waals surface area (Å²) < 4.78 is 0. The second-order valence-electron chi connectivity index (χ2n) is 1.94. The summed E-state index contributed by atoms with van der Waals surface area (Å²) in [5.74, 6) is 0. The van der Waals surface area contributed by atoms with Crippen molar-refractivity contribution in [2.24, 2.45) is 0 Å². The Labute approximate surface area is 78.1 Å². The van der Waals surface area contributed by atoms with E-state index in [0.717, 1.165) is 0 Å². The maximum Gasteiger partial charge on any atom is 0.00956 e. The SMILES string of the molecule is C=C.C=C/C=C(\C)N(C)C.CC. The van der Waals surface area contributed by atoms with E-state index in [1.807, 2.05) is 45.8 Å². The molecule has 1 heteroatoms. The van der Waals surface area contributed by atoms with Crippen molar-refractivity contribution in [1.29, 1.82) is 0 Å². The topological polar surface area (TPSA) is 3.24 Å². The van der Waals surface area contributed by atoms with E-state index < -0.39 is 0 Å². The molecule has 0 N–H and O–H groups in total. The predicted octanol–water partition coefficient (Wildman–Crippen LogP) is 3.47. The van der Waals surface area contributed by atoms with Crippen molar-refractivity contribution in [1.82, 2.24) is 4.90 Å². The van der Waals surface area contributed by atoms with Gasteiger partial charge in [0, 0.05) is 19.8 Å².